The number of thiol groups is 1. The normalized spacial score (nSPS) is 21.5. The lowest BCUT2D eigenvalue weighted by Gasteiger charge is -2.33. The number of hydrogen-bond donors (Lipinski definition) is 2. The third-order valence-electron chi connectivity index (χ3n) is 2.29. The van der Waals surface area contributed by atoms with E-state index in [1.807, 2.05) is 0 Å². The van der Waals surface area contributed by atoms with Crippen molar-refractivity contribution in [3.05, 3.63) is 0 Å². The molecule has 1 heterocycles. The zero-order valence-corrected chi connectivity index (χ0v) is 9.42. The van der Waals surface area contributed by atoms with Crippen LogP contribution in [0.25, 0.3) is 0 Å². The van der Waals surface area contributed by atoms with Crippen molar-refractivity contribution in [3.63, 3.8) is 0 Å². The Hall–Kier alpha value is -1.04. The van der Waals surface area contributed by atoms with Crippen molar-refractivity contribution < 1.29 is 14.4 Å². The standard InChI is InChI=1S/C9H14N2O3S/c1-2-6-9(14)10-7(12)5-11(6)8(13)3-4-15/h6,15H,2-5H2,1H3,(H,10,12,14). The highest BCUT2D eigenvalue weighted by molar-refractivity contribution is 7.80. The van der Waals surface area contributed by atoms with Gasteiger partial charge in [-0.1, -0.05) is 6.92 Å². The van der Waals surface area contributed by atoms with E-state index in [2.05, 4.69) is 17.9 Å². The molecular weight excluding hydrogens is 216 g/mol. The van der Waals surface area contributed by atoms with Crippen LogP contribution >= 0.6 is 12.6 Å². The molecule has 6 heteroatoms. The maximum absolute atomic E-state index is 11.6. The van der Waals surface area contributed by atoms with Crippen LogP contribution in [0.4, 0.5) is 0 Å². The molecule has 3 amide bonds. The Labute approximate surface area is 93.6 Å². The molecule has 0 spiro atoms. The Morgan fingerprint density at radius 1 is 1.60 bits per heavy atom. The molecule has 5 nitrogen and oxygen atoms in total. The average Bonchev–Trinajstić information content (AvgIpc) is 2.17. The summed E-state index contributed by atoms with van der Waals surface area (Å²) in [7, 11) is 0. The summed E-state index contributed by atoms with van der Waals surface area (Å²) in [4.78, 5) is 35.5. The van der Waals surface area contributed by atoms with Gasteiger partial charge >= 0.3 is 0 Å². The Balaban J connectivity index is 2.77. The minimum atomic E-state index is -0.518. The zero-order valence-electron chi connectivity index (χ0n) is 8.52. The van der Waals surface area contributed by atoms with Crippen molar-refractivity contribution in [2.45, 2.75) is 25.8 Å². The van der Waals surface area contributed by atoms with Crippen molar-refractivity contribution in [1.29, 1.82) is 0 Å². The number of piperazine rings is 1. The number of nitrogens with one attached hydrogen (secondary N) is 1. The van der Waals surface area contributed by atoms with Gasteiger partial charge in [-0.15, -0.1) is 0 Å². The molecule has 1 aliphatic rings. The van der Waals surface area contributed by atoms with Crippen molar-refractivity contribution in [2.24, 2.45) is 0 Å². The van der Waals surface area contributed by atoms with Crippen LogP contribution in [0.2, 0.25) is 0 Å². The number of hydrogen-bond acceptors (Lipinski definition) is 4. The van der Waals surface area contributed by atoms with Gasteiger partial charge in [-0.05, 0) is 12.2 Å². The zero-order chi connectivity index (χ0) is 11.4. The lowest BCUT2D eigenvalue weighted by Crippen LogP contribution is -2.59. The molecule has 0 aliphatic carbocycles. The van der Waals surface area contributed by atoms with Gasteiger partial charge in [0.05, 0.1) is 0 Å². The SMILES string of the molecule is CCC1C(=O)NC(=O)CN1C(=O)CCS. The molecule has 0 radical (unpaired) electrons. The Morgan fingerprint density at radius 2 is 2.27 bits per heavy atom. The number of amides is 3. The summed E-state index contributed by atoms with van der Waals surface area (Å²) >= 11 is 3.95. The molecule has 1 unspecified atom stereocenters. The molecular formula is C9H14N2O3S. The molecule has 1 atom stereocenters. The first-order chi connectivity index (χ1) is 7.10. The molecule has 1 aliphatic heterocycles. The van der Waals surface area contributed by atoms with Gasteiger partial charge < -0.3 is 4.90 Å². The van der Waals surface area contributed by atoms with Crippen molar-refractivity contribution in [2.75, 3.05) is 12.3 Å². The first-order valence-electron chi connectivity index (χ1n) is 4.84. The average molecular weight is 230 g/mol. The van der Waals surface area contributed by atoms with Crippen LogP contribution in [0.5, 0.6) is 0 Å². The third kappa shape index (κ3) is 2.71. The predicted molar refractivity (Wildman–Crippen MR) is 57.4 cm³/mol. The molecule has 0 saturated carbocycles. The van der Waals surface area contributed by atoms with Gasteiger partial charge in [-0.2, -0.15) is 12.6 Å². The van der Waals surface area contributed by atoms with E-state index in [1.54, 1.807) is 6.92 Å². The highest BCUT2D eigenvalue weighted by Crippen LogP contribution is 2.10. The summed E-state index contributed by atoms with van der Waals surface area (Å²) in [5, 5.41) is 2.22. The predicted octanol–water partition coefficient (Wildman–Crippen LogP) is -0.430. The highest BCUT2D eigenvalue weighted by atomic mass is 32.1. The summed E-state index contributed by atoms with van der Waals surface area (Å²) in [6, 6.07) is -0.518. The molecule has 84 valence electrons. The monoisotopic (exact) mass is 230 g/mol. The molecule has 1 saturated heterocycles. The summed E-state index contributed by atoms with van der Waals surface area (Å²) in [6.07, 6.45) is 0.762. The molecule has 1 fully saturated rings. The lowest BCUT2D eigenvalue weighted by molar-refractivity contribution is -0.149. The fourth-order valence-corrected chi connectivity index (χ4v) is 1.77. The number of nitrogens with zero attached hydrogens (tertiary/aromatic N) is 1. The molecule has 1 rings (SSSR count). The molecule has 15 heavy (non-hydrogen) atoms. The van der Waals surface area contributed by atoms with Crippen molar-refractivity contribution >= 4 is 30.4 Å². The van der Waals surface area contributed by atoms with Gasteiger partial charge in [0.25, 0.3) is 0 Å². The van der Waals surface area contributed by atoms with Crippen LogP contribution in [0.3, 0.4) is 0 Å². The van der Waals surface area contributed by atoms with E-state index in [1.165, 1.54) is 4.90 Å². The van der Waals surface area contributed by atoms with Crippen LogP contribution in [0.1, 0.15) is 19.8 Å². The fraction of sp³-hybridized carbons (Fsp3) is 0.667. The van der Waals surface area contributed by atoms with Crippen LogP contribution in [0, 0.1) is 0 Å². The molecule has 0 aromatic carbocycles. The van der Waals surface area contributed by atoms with E-state index < -0.39 is 11.9 Å². The van der Waals surface area contributed by atoms with Gasteiger partial charge in [0.15, 0.2) is 0 Å². The summed E-state index contributed by atoms with van der Waals surface area (Å²) in [6.45, 7) is 1.78. The van der Waals surface area contributed by atoms with Crippen molar-refractivity contribution in [3.8, 4) is 0 Å². The minimum Gasteiger partial charge on any atom is -0.321 e. The van der Waals surface area contributed by atoms with E-state index >= 15 is 0 Å². The number of imide groups is 1. The van der Waals surface area contributed by atoms with Crippen molar-refractivity contribution in [1.82, 2.24) is 10.2 Å². The van der Waals surface area contributed by atoms with Gasteiger partial charge in [-0.3, -0.25) is 19.7 Å². The van der Waals surface area contributed by atoms with E-state index in [0.717, 1.165) is 0 Å². The number of carbonyl (C=O) groups is 3. The Kier molecular flexibility index (Phi) is 4.14. The molecule has 0 bridgehead atoms. The first-order valence-corrected chi connectivity index (χ1v) is 5.47. The Morgan fingerprint density at radius 3 is 2.80 bits per heavy atom. The molecule has 0 aromatic heterocycles. The Bertz CT molecular complexity index is 293. The first kappa shape index (κ1) is 12.0. The third-order valence-corrected chi connectivity index (χ3v) is 2.51. The van der Waals surface area contributed by atoms with Crippen LogP contribution < -0.4 is 5.32 Å². The highest BCUT2D eigenvalue weighted by Gasteiger charge is 2.34. The van der Waals surface area contributed by atoms with Crippen LogP contribution in [-0.4, -0.2) is 41.0 Å². The number of carbonyl (C=O) groups excluding carboxylic acids is 3. The molecule has 0 aromatic rings. The molecule has 1 N–H and O–H groups in total. The maximum Gasteiger partial charge on any atom is 0.249 e. The van der Waals surface area contributed by atoms with Gasteiger partial charge in [0.1, 0.15) is 12.6 Å². The lowest BCUT2D eigenvalue weighted by atomic mass is 10.1. The summed E-state index contributed by atoms with van der Waals surface area (Å²) in [5.41, 5.74) is 0. The second-order valence-electron chi connectivity index (χ2n) is 3.33. The smallest absolute Gasteiger partial charge is 0.249 e. The maximum atomic E-state index is 11.6. The van der Waals surface area contributed by atoms with E-state index in [9.17, 15) is 14.4 Å². The van der Waals surface area contributed by atoms with E-state index in [4.69, 9.17) is 0 Å². The van der Waals surface area contributed by atoms with E-state index in [-0.39, 0.29) is 24.8 Å². The van der Waals surface area contributed by atoms with E-state index in [0.29, 0.717) is 12.2 Å². The van der Waals surface area contributed by atoms with Gasteiger partial charge in [0, 0.05) is 6.42 Å². The quantitative estimate of drug-likeness (QED) is 0.511. The van der Waals surface area contributed by atoms with Crippen LogP contribution in [-0.2, 0) is 14.4 Å². The second-order valence-corrected chi connectivity index (χ2v) is 3.78. The van der Waals surface area contributed by atoms with Gasteiger partial charge in [0.2, 0.25) is 17.7 Å². The fourth-order valence-electron chi connectivity index (χ4n) is 1.57. The van der Waals surface area contributed by atoms with Crippen LogP contribution in [0.15, 0.2) is 0 Å². The number of rotatable bonds is 3. The topological polar surface area (TPSA) is 66.5 Å². The second kappa shape index (κ2) is 5.16. The minimum absolute atomic E-state index is 0.0309. The van der Waals surface area contributed by atoms with Gasteiger partial charge in [-0.25, -0.2) is 0 Å². The summed E-state index contributed by atoms with van der Waals surface area (Å²) in [5.74, 6) is -0.583. The summed E-state index contributed by atoms with van der Waals surface area (Å²) < 4.78 is 0. The largest absolute Gasteiger partial charge is 0.321 e.